The van der Waals surface area contributed by atoms with Gasteiger partial charge in [-0.05, 0) is 12.8 Å². The van der Waals surface area contributed by atoms with E-state index in [1.165, 1.54) is 25.7 Å². The predicted octanol–water partition coefficient (Wildman–Crippen LogP) is 1.02. The quantitative estimate of drug-likeness (QED) is 0.667. The van der Waals surface area contributed by atoms with Crippen LogP contribution in [0.15, 0.2) is 0 Å². The molecule has 27 heavy (non-hydrogen) atoms. The Morgan fingerprint density at radius 1 is 1.22 bits per heavy atom. The van der Waals surface area contributed by atoms with E-state index in [0.717, 1.165) is 39.1 Å². The molecule has 154 valence electrons. The van der Waals surface area contributed by atoms with Gasteiger partial charge in [-0.15, -0.1) is 0 Å². The van der Waals surface area contributed by atoms with Crippen LogP contribution in [-0.2, 0) is 19.1 Å². The number of ether oxygens (including phenoxy) is 2. The number of methoxy groups -OCH3 is 1. The maximum atomic E-state index is 12.8. The van der Waals surface area contributed by atoms with Gasteiger partial charge in [-0.3, -0.25) is 14.5 Å². The number of nitrogens with zero attached hydrogens (tertiary/aromatic N) is 2. The third kappa shape index (κ3) is 5.21. The number of likely N-dealkylation sites (tertiary alicyclic amines) is 1. The lowest BCUT2D eigenvalue weighted by molar-refractivity contribution is -0.129. The van der Waals surface area contributed by atoms with Gasteiger partial charge in [0.15, 0.2) is 0 Å². The summed E-state index contributed by atoms with van der Waals surface area (Å²) in [7, 11) is 1.63. The van der Waals surface area contributed by atoms with Crippen LogP contribution in [0.5, 0.6) is 0 Å². The van der Waals surface area contributed by atoms with E-state index < -0.39 is 0 Å². The van der Waals surface area contributed by atoms with Crippen molar-refractivity contribution in [2.45, 2.75) is 50.5 Å². The van der Waals surface area contributed by atoms with Gasteiger partial charge in [-0.25, -0.2) is 0 Å². The maximum Gasteiger partial charge on any atom is 0.225 e. The van der Waals surface area contributed by atoms with E-state index in [1.807, 2.05) is 0 Å². The van der Waals surface area contributed by atoms with Crippen molar-refractivity contribution in [3.05, 3.63) is 0 Å². The molecule has 0 aromatic heterocycles. The second kappa shape index (κ2) is 9.85. The highest BCUT2D eigenvalue weighted by Crippen LogP contribution is 2.33. The summed E-state index contributed by atoms with van der Waals surface area (Å²) < 4.78 is 10.6. The smallest absolute Gasteiger partial charge is 0.225 e. The normalized spacial score (nSPS) is 26.8. The van der Waals surface area contributed by atoms with E-state index >= 15 is 0 Å². The molecule has 0 radical (unpaired) electrons. The first-order valence-electron chi connectivity index (χ1n) is 10.5. The number of carbonyl (C=O) groups excluding carboxylic acids is 2. The number of hydrogen-bond donors (Lipinski definition) is 1. The van der Waals surface area contributed by atoms with Crippen LogP contribution in [0.1, 0.15) is 44.9 Å². The molecule has 2 aliphatic heterocycles. The van der Waals surface area contributed by atoms with Gasteiger partial charge >= 0.3 is 0 Å². The summed E-state index contributed by atoms with van der Waals surface area (Å²) >= 11 is 0. The van der Waals surface area contributed by atoms with Crippen molar-refractivity contribution in [1.29, 1.82) is 0 Å². The number of amides is 2. The minimum atomic E-state index is -0.234. The largest absolute Gasteiger partial charge is 0.383 e. The van der Waals surface area contributed by atoms with Crippen LogP contribution in [0.25, 0.3) is 0 Å². The first-order valence-corrected chi connectivity index (χ1v) is 10.5. The molecular formula is C20H35N3O4. The topological polar surface area (TPSA) is 71.1 Å². The Morgan fingerprint density at radius 2 is 1.93 bits per heavy atom. The fraction of sp³-hybridized carbons (Fsp3) is 0.900. The molecule has 2 amide bonds. The van der Waals surface area contributed by atoms with Crippen LogP contribution in [0.4, 0.5) is 0 Å². The highest BCUT2D eigenvalue weighted by Gasteiger charge is 2.40. The summed E-state index contributed by atoms with van der Waals surface area (Å²) in [5.74, 6) is -0.147. The molecule has 1 aliphatic carbocycles. The van der Waals surface area contributed by atoms with Crippen molar-refractivity contribution in [3.8, 4) is 0 Å². The Morgan fingerprint density at radius 3 is 2.59 bits per heavy atom. The molecule has 0 spiro atoms. The fourth-order valence-corrected chi connectivity index (χ4v) is 4.79. The number of morpholine rings is 1. The van der Waals surface area contributed by atoms with E-state index in [1.54, 1.807) is 12.0 Å². The van der Waals surface area contributed by atoms with Crippen LogP contribution < -0.4 is 5.32 Å². The van der Waals surface area contributed by atoms with E-state index in [-0.39, 0.29) is 23.3 Å². The van der Waals surface area contributed by atoms with Crippen molar-refractivity contribution >= 4 is 11.8 Å². The van der Waals surface area contributed by atoms with Crippen molar-refractivity contribution in [2.24, 2.45) is 5.92 Å². The van der Waals surface area contributed by atoms with Gasteiger partial charge in [0.1, 0.15) is 0 Å². The molecule has 7 nitrogen and oxygen atoms in total. The molecule has 2 saturated heterocycles. The monoisotopic (exact) mass is 381 g/mol. The molecule has 2 heterocycles. The third-order valence-corrected chi connectivity index (χ3v) is 6.46. The summed E-state index contributed by atoms with van der Waals surface area (Å²) in [5, 5.41) is 3.23. The van der Waals surface area contributed by atoms with Crippen LogP contribution in [0, 0.1) is 5.92 Å². The fourth-order valence-electron chi connectivity index (χ4n) is 4.79. The van der Waals surface area contributed by atoms with Gasteiger partial charge in [-0.1, -0.05) is 25.7 Å². The maximum absolute atomic E-state index is 12.8. The van der Waals surface area contributed by atoms with Gasteiger partial charge < -0.3 is 19.7 Å². The molecular weight excluding hydrogens is 346 g/mol. The molecule has 0 bridgehead atoms. The van der Waals surface area contributed by atoms with Crippen LogP contribution >= 0.6 is 0 Å². The lowest BCUT2D eigenvalue weighted by Gasteiger charge is -2.46. The number of carbonyl (C=O) groups is 2. The molecule has 7 heteroatoms. The van der Waals surface area contributed by atoms with E-state index in [4.69, 9.17) is 9.47 Å². The van der Waals surface area contributed by atoms with Gasteiger partial charge in [0.25, 0.3) is 0 Å². The Hall–Kier alpha value is -1.18. The molecule has 3 aliphatic rings. The summed E-state index contributed by atoms with van der Waals surface area (Å²) in [4.78, 5) is 29.2. The van der Waals surface area contributed by atoms with E-state index in [9.17, 15) is 9.59 Å². The summed E-state index contributed by atoms with van der Waals surface area (Å²) in [6, 6.07) is 0. The lowest BCUT2D eigenvalue weighted by atomic mass is 9.87. The zero-order valence-electron chi connectivity index (χ0n) is 16.7. The summed E-state index contributed by atoms with van der Waals surface area (Å²) in [6.45, 7) is 5.73. The summed E-state index contributed by atoms with van der Waals surface area (Å²) in [5.41, 5.74) is 0.0499. The SMILES string of the molecule is COCCN1CC(C(=O)NCC2(N3CCOCC3)CCCCCC2)CC1=O. The third-order valence-electron chi connectivity index (χ3n) is 6.46. The van der Waals surface area contributed by atoms with Gasteiger partial charge in [0, 0.05) is 51.8 Å². The van der Waals surface area contributed by atoms with Gasteiger partial charge in [-0.2, -0.15) is 0 Å². The Bertz CT molecular complexity index is 499. The van der Waals surface area contributed by atoms with E-state index in [0.29, 0.717) is 32.7 Å². The average molecular weight is 382 g/mol. The molecule has 3 rings (SSSR count). The predicted molar refractivity (Wildman–Crippen MR) is 102 cm³/mol. The Labute approximate surface area is 162 Å². The number of nitrogens with one attached hydrogen (secondary N) is 1. The highest BCUT2D eigenvalue weighted by molar-refractivity contribution is 5.89. The summed E-state index contributed by atoms with van der Waals surface area (Å²) in [6.07, 6.45) is 7.60. The first-order chi connectivity index (χ1) is 13.1. The Balaban J connectivity index is 1.58. The molecule has 0 aromatic rings. The molecule has 3 fully saturated rings. The van der Waals surface area contributed by atoms with Gasteiger partial charge in [0.05, 0.1) is 25.7 Å². The zero-order chi connectivity index (χ0) is 19.1. The van der Waals surface area contributed by atoms with Crippen molar-refractivity contribution < 1.29 is 19.1 Å². The standard InChI is InChI=1S/C20H35N3O4/c1-26-11-8-22-15-17(14-18(22)24)19(25)21-16-20(6-4-2-3-5-7-20)23-9-12-27-13-10-23/h17H,2-16H2,1H3,(H,21,25). The zero-order valence-corrected chi connectivity index (χ0v) is 16.7. The number of rotatable bonds is 7. The first kappa shape index (κ1) is 20.6. The van der Waals surface area contributed by atoms with Crippen molar-refractivity contribution in [2.75, 3.05) is 59.7 Å². The molecule has 1 N–H and O–H groups in total. The van der Waals surface area contributed by atoms with E-state index in [2.05, 4.69) is 10.2 Å². The average Bonchev–Trinajstić information content (AvgIpc) is 2.91. The molecule has 0 aromatic carbocycles. The van der Waals surface area contributed by atoms with Crippen molar-refractivity contribution in [1.82, 2.24) is 15.1 Å². The Kier molecular flexibility index (Phi) is 7.49. The number of hydrogen-bond acceptors (Lipinski definition) is 5. The second-order valence-electron chi connectivity index (χ2n) is 8.19. The second-order valence-corrected chi connectivity index (χ2v) is 8.19. The van der Waals surface area contributed by atoms with Gasteiger partial charge in [0.2, 0.25) is 11.8 Å². The molecule has 1 atom stereocenters. The highest BCUT2D eigenvalue weighted by atomic mass is 16.5. The lowest BCUT2D eigenvalue weighted by Crippen LogP contribution is -2.59. The van der Waals surface area contributed by atoms with Crippen LogP contribution in [-0.4, -0.2) is 86.8 Å². The minimum Gasteiger partial charge on any atom is -0.383 e. The van der Waals surface area contributed by atoms with Crippen molar-refractivity contribution in [3.63, 3.8) is 0 Å². The van der Waals surface area contributed by atoms with Crippen LogP contribution in [0.3, 0.4) is 0 Å². The molecule has 1 unspecified atom stereocenters. The molecule has 1 saturated carbocycles. The minimum absolute atomic E-state index is 0.0279. The van der Waals surface area contributed by atoms with Crippen LogP contribution in [0.2, 0.25) is 0 Å².